The van der Waals surface area contributed by atoms with Gasteiger partial charge in [0.25, 0.3) is 10.1 Å². The van der Waals surface area contributed by atoms with E-state index in [9.17, 15) is 26.5 Å². The van der Waals surface area contributed by atoms with Crippen LogP contribution >= 0.6 is 0 Å². The standard InChI is InChI=1S/C31H38N2O8S2.2H2/c1-6-32-25-16-14-21(41-42(36)37)19-23(25)30(2,3)27(32)11-10-12-28-31(4,5)24-20-22(43(38,39)40)15-17-26(24)33(28)18-9-7-8-13-29(34)35;;/h10-12,14-17,19-20H,6-9,13,18H2,1-5H3,(H2-,34,35,36,37,38,39,40);2*1H/p+1. The van der Waals surface area contributed by atoms with Crippen molar-refractivity contribution in [2.24, 2.45) is 0 Å². The van der Waals surface area contributed by atoms with Crippen molar-refractivity contribution in [1.29, 1.82) is 0 Å². The number of likely N-dealkylation sites (N-methyl/N-ethyl adjacent to an activating group) is 1. The summed E-state index contributed by atoms with van der Waals surface area (Å²) >= 11 is -2.42. The molecule has 2 aliphatic rings. The summed E-state index contributed by atoms with van der Waals surface area (Å²) in [4.78, 5) is 13.0. The lowest BCUT2D eigenvalue weighted by Gasteiger charge is -2.25. The minimum absolute atomic E-state index is 0. The number of hydrogen-bond acceptors (Lipinski definition) is 6. The highest BCUT2D eigenvalue weighted by Gasteiger charge is 2.45. The van der Waals surface area contributed by atoms with Gasteiger partial charge in [-0.25, -0.2) is 0 Å². The van der Waals surface area contributed by atoms with Gasteiger partial charge in [0.2, 0.25) is 5.69 Å². The molecule has 12 heteroatoms. The summed E-state index contributed by atoms with van der Waals surface area (Å²) in [5, 5.41) is 8.99. The zero-order valence-electron chi connectivity index (χ0n) is 25.0. The number of carboxylic acids is 1. The predicted octanol–water partition coefficient (Wildman–Crippen LogP) is 6.22. The molecule has 2 aliphatic heterocycles. The Kier molecular flexibility index (Phi) is 9.36. The fourth-order valence-electron chi connectivity index (χ4n) is 6.14. The van der Waals surface area contributed by atoms with Gasteiger partial charge in [-0.05, 0) is 75.6 Å². The Balaban J connectivity index is 0.00000353. The Morgan fingerprint density at radius 3 is 2.42 bits per heavy atom. The van der Waals surface area contributed by atoms with Gasteiger partial charge in [-0.2, -0.15) is 17.2 Å². The smallest absolute Gasteiger partial charge is 0.357 e. The molecule has 0 radical (unpaired) electrons. The molecule has 2 aromatic carbocycles. The number of carbonyl (C=O) groups is 1. The molecule has 0 saturated carbocycles. The molecular formula is C31H43N2O8S2+. The van der Waals surface area contributed by atoms with Crippen molar-refractivity contribution in [3.63, 3.8) is 0 Å². The van der Waals surface area contributed by atoms with Crippen LogP contribution in [0.15, 0.2) is 65.2 Å². The summed E-state index contributed by atoms with van der Waals surface area (Å²) in [6.07, 6.45) is 8.22. The first kappa shape index (κ1) is 32.6. The van der Waals surface area contributed by atoms with E-state index in [-0.39, 0.29) is 14.2 Å². The van der Waals surface area contributed by atoms with E-state index in [1.54, 1.807) is 18.2 Å². The van der Waals surface area contributed by atoms with E-state index in [0.717, 1.165) is 46.8 Å². The number of benzene rings is 2. The van der Waals surface area contributed by atoms with Gasteiger partial charge in [-0.15, -0.1) is 0 Å². The van der Waals surface area contributed by atoms with Gasteiger partial charge in [0, 0.05) is 56.7 Å². The predicted molar refractivity (Wildman–Crippen MR) is 171 cm³/mol. The van der Waals surface area contributed by atoms with Gasteiger partial charge >= 0.3 is 17.3 Å². The normalized spacial score (nSPS) is 18.8. The molecule has 43 heavy (non-hydrogen) atoms. The maximum Gasteiger partial charge on any atom is 0.357 e. The SMILES string of the molecule is CCN1C(=CC=CC2=[N+](CCCCCC(=O)O)c3ccc(S(=O)(=O)O)cc3C2(C)C)C(C)(C)c2cc(OS(=O)O)ccc21.[HH].[HH]. The number of rotatable bonds is 12. The van der Waals surface area contributed by atoms with Crippen molar-refractivity contribution in [1.82, 2.24) is 0 Å². The highest BCUT2D eigenvalue weighted by atomic mass is 32.2. The fourth-order valence-corrected chi connectivity index (χ4v) is 6.91. The highest BCUT2D eigenvalue weighted by molar-refractivity contribution is 7.85. The number of allylic oxidation sites excluding steroid dienone is 4. The van der Waals surface area contributed by atoms with Gasteiger partial charge in [0.05, 0.1) is 10.3 Å². The number of carboxylic acid groups (broad SMARTS) is 1. The van der Waals surface area contributed by atoms with Crippen molar-refractivity contribution >= 4 is 44.5 Å². The molecule has 0 amide bonds. The Hall–Kier alpha value is -3.32. The van der Waals surface area contributed by atoms with Crippen LogP contribution in [0.2, 0.25) is 0 Å². The van der Waals surface area contributed by atoms with Crippen LogP contribution in [0.1, 0.15) is 74.3 Å². The van der Waals surface area contributed by atoms with Crippen molar-refractivity contribution < 1.29 is 43.2 Å². The number of anilines is 1. The number of unbranched alkanes of at least 4 members (excludes halogenated alkanes) is 2. The number of nitrogens with zero attached hydrogens (tertiary/aromatic N) is 2. The van der Waals surface area contributed by atoms with Crippen LogP contribution in [0.25, 0.3) is 0 Å². The minimum atomic E-state index is -4.38. The molecule has 3 N–H and O–H groups in total. The molecule has 0 aromatic heterocycles. The molecule has 4 rings (SSSR count). The van der Waals surface area contributed by atoms with Crippen molar-refractivity contribution in [2.45, 2.75) is 76.0 Å². The number of aliphatic carboxylic acids is 1. The summed E-state index contributed by atoms with van der Waals surface area (Å²) in [5.74, 6) is -0.511. The summed E-state index contributed by atoms with van der Waals surface area (Å²) in [5.41, 5.74) is 4.55. The second-order valence-electron chi connectivity index (χ2n) is 11.8. The van der Waals surface area contributed by atoms with Crippen molar-refractivity contribution in [3.8, 4) is 5.75 Å². The van der Waals surface area contributed by atoms with E-state index >= 15 is 0 Å². The molecule has 2 aromatic rings. The van der Waals surface area contributed by atoms with Gasteiger partial charge in [-0.1, -0.05) is 19.9 Å². The molecule has 236 valence electrons. The average Bonchev–Trinajstić information content (AvgIpc) is 3.25. The van der Waals surface area contributed by atoms with Gasteiger partial charge in [0.15, 0.2) is 5.71 Å². The Morgan fingerprint density at radius 2 is 1.79 bits per heavy atom. The quantitative estimate of drug-likeness (QED) is 0.107. The lowest BCUT2D eigenvalue weighted by atomic mass is 9.81. The Labute approximate surface area is 258 Å². The third-order valence-electron chi connectivity index (χ3n) is 8.29. The molecular weight excluding hydrogens is 592 g/mol. The average molecular weight is 636 g/mol. The highest BCUT2D eigenvalue weighted by Crippen LogP contribution is 2.49. The lowest BCUT2D eigenvalue weighted by molar-refractivity contribution is -0.438. The molecule has 0 fully saturated rings. The van der Waals surface area contributed by atoms with Crippen LogP contribution in [-0.4, -0.2) is 56.2 Å². The van der Waals surface area contributed by atoms with Crippen LogP contribution in [-0.2, 0) is 37.1 Å². The van der Waals surface area contributed by atoms with Crippen LogP contribution in [0.3, 0.4) is 0 Å². The molecule has 0 saturated heterocycles. The third kappa shape index (κ3) is 6.62. The largest absolute Gasteiger partial charge is 0.481 e. The van der Waals surface area contributed by atoms with E-state index in [1.807, 2.05) is 32.1 Å². The van der Waals surface area contributed by atoms with Gasteiger partial charge in [-0.3, -0.25) is 13.9 Å². The molecule has 0 aliphatic carbocycles. The molecule has 0 spiro atoms. The maximum absolute atomic E-state index is 11.9. The Bertz CT molecular complexity index is 1670. The number of hydrogen-bond donors (Lipinski definition) is 3. The monoisotopic (exact) mass is 635 g/mol. The second kappa shape index (κ2) is 12.4. The summed E-state index contributed by atoms with van der Waals surface area (Å²) < 4.78 is 61.2. The van der Waals surface area contributed by atoms with Crippen molar-refractivity contribution in [2.75, 3.05) is 18.0 Å². The fraction of sp³-hybridized carbons (Fsp3) is 0.419. The Morgan fingerprint density at radius 1 is 1.07 bits per heavy atom. The van der Waals surface area contributed by atoms with Crippen LogP contribution in [0, 0.1) is 0 Å². The second-order valence-corrected chi connectivity index (χ2v) is 13.8. The van der Waals surface area contributed by atoms with E-state index in [4.69, 9.17) is 9.29 Å². The van der Waals surface area contributed by atoms with Crippen molar-refractivity contribution in [3.05, 3.63) is 71.5 Å². The first-order valence-corrected chi connectivity index (χ1v) is 16.6. The minimum Gasteiger partial charge on any atom is -0.481 e. The lowest BCUT2D eigenvalue weighted by Crippen LogP contribution is -2.28. The number of fused-ring (bicyclic) bond motifs is 2. The zero-order valence-corrected chi connectivity index (χ0v) is 26.7. The molecule has 1 atom stereocenters. The molecule has 10 nitrogen and oxygen atoms in total. The zero-order chi connectivity index (χ0) is 31.7. The van der Waals surface area contributed by atoms with E-state index in [0.29, 0.717) is 25.3 Å². The van der Waals surface area contributed by atoms with E-state index in [1.165, 1.54) is 12.1 Å². The maximum atomic E-state index is 11.9. The van der Waals surface area contributed by atoms with Crippen LogP contribution in [0.5, 0.6) is 5.75 Å². The van der Waals surface area contributed by atoms with Crippen LogP contribution in [0.4, 0.5) is 11.4 Å². The first-order chi connectivity index (χ1) is 20.1. The van der Waals surface area contributed by atoms with Gasteiger partial charge in [0.1, 0.15) is 12.3 Å². The van der Waals surface area contributed by atoms with E-state index < -0.39 is 38.3 Å². The topological polar surface area (TPSA) is 144 Å². The van der Waals surface area contributed by atoms with Gasteiger partial charge < -0.3 is 14.2 Å². The third-order valence-corrected chi connectivity index (χ3v) is 9.47. The summed E-state index contributed by atoms with van der Waals surface area (Å²) in [7, 11) is -4.38. The molecule has 0 bridgehead atoms. The van der Waals surface area contributed by atoms with E-state index in [2.05, 4.69) is 36.3 Å². The first-order valence-electron chi connectivity index (χ1n) is 14.2. The summed E-state index contributed by atoms with van der Waals surface area (Å²) in [6.45, 7) is 11.6. The van der Waals surface area contributed by atoms with Crippen LogP contribution < -0.4 is 9.08 Å². The molecule has 1 unspecified atom stereocenters. The summed E-state index contributed by atoms with van der Waals surface area (Å²) in [6, 6.07) is 9.99. The molecule has 2 heterocycles.